The van der Waals surface area contributed by atoms with Gasteiger partial charge in [-0.05, 0) is 24.5 Å². The second-order valence-electron chi connectivity index (χ2n) is 6.12. The van der Waals surface area contributed by atoms with Crippen LogP contribution in [0.4, 0.5) is 5.69 Å². The van der Waals surface area contributed by atoms with Crippen LogP contribution in [-0.2, 0) is 6.54 Å². The van der Waals surface area contributed by atoms with Gasteiger partial charge in [0.15, 0.2) is 0 Å². The molecule has 1 aliphatic heterocycles. The van der Waals surface area contributed by atoms with Crippen LogP contribution in [-0.4, -0.2) is 35.9 Å². The third kappa shape index (κ3) is 2.50. The molecule has 1 aromatic carbocycles. The van der Waals surface area contributed by atoms with Crippen molar-refractivity contribution in [2.75, 3.05) is 25.0 Å². The van der Waals surface area contributed by atoms with Gasteiger partial charge in [0, 0.05) is 43.7 Å². The zero-order chi connectivity index (χ0) is 15.1. The van der Waals surface area contributed by atoms with E-state index in [2.05, 4.69) is 35.1 Å². The van der Waals surface area contributed by atoms with E-state index >= 15 is 0 Å². The molecule has 0 N–H and O–H groups in total. The highest BCUT2D eigenvalue weighted by atomic mass is 32.1. The molecule has 0 atom stereocenters. The van der Waals surface area contributed by atoms with E-state index < -0.39 is 0 Å². The van der Waals surface area contributed by atoms with Crippen molar-refractivity contribution in [2.45, 2.75) is 25.3 Å². The number of carbonyl (C=O) groups is 1. The SMILES string of the molecule is CN1CCN(C(=O)c2csc(C3CC3)n2)Cc2ccccc21. The third-order valence-corrected chi connectivity index (χ3v) is 5.43. The van der Waals surface area contributed by atoms with Crippen LogP contribution in [0, 0.1) is 0 Å². The van der Waals surface area contributed by atoms with Gasteiger partial charge in [0.05, 0.1) is 5.01 Å². The van der Waals surface area contributed by atoms with E-state index in [-0.39, 0.29) is 5.91 Å². The highest BCUT2D eigenvalue weighted by Gasteiger charge is 2.29. The van der Waals surface area contributed by atoms with Gasteiger partial charge in [0.25, 0.3) is 5.91 Å². The average molecular weight is 313 g/mol. The van der Waals surface area contributed by atoms with E-state index in [1.165, 1.54) is 24.1 Å². The Labute approximate surface area is 134 Å². The van der Waals surface area contributed by atoms with Gasteiger partial charge in [0.2, 0.25) is 0 Å². The van der Waals surface area contributed by atoms with Gasteiger partial charge in [0.1, 0.15) is 5.69 Å². The van der Waals surface area contributed by atoms with Gasteiger partial charge >= 0.3 is 0 Å². The van der Waals surface area contributed by atoms with Crippen molar-refractivity contribution in [1.82, 2.24) is 9.88 Å². The molecule has 0 saturated heterocycles. The van der Waals surface area contributed by atoms with Crippen molar-refractivity contribution in [3.05, 3.63) is 45.9 Å². The first-order valence-electron chi connectivity index (χ1n) is 7.76. The number of likely N-dealkylation sites (N-methyl/N-ethyl adjacent to an activating group) is 1. The predicted molar refractivity (Wildman–Crippen MR) is 88.5 cm³/mol. The predicted octanol–water partition coefficient (Wildman–Crippen LogP) is 3.11. The maximum atomic E-state index is 12.8. The highest BCUT2D eigenvalue weighted by Crippen LogP contribution is 2.41. The Morgan fingerprint density at radius 2 is 2.09 bits per heavy atom. The highest BCUT2D eigenvalue weighted by molar-refractivity contribution is 7.10. The Kier molecular flexibility index (Phi) is 3.37. The lowest BCUT2D eigenvalue weighted by Crippen LogP contribution is -2.34. The molecule has 0 spiro atoms. The summed E-state index contributed by atoms with van der Waals surface area (Å²) in [4.78, 5) is 21.5. The third-order valence-electron chi connectivity index (χ3n) is 4.42. The fraction of sp³-hybridized carbons (Fsp3) is 0.412. The van der Waals surface area contributed by atoms with E-state index in [1.807, 2.05) is 16.3 Å². The van der Waals surface area contributed by atoms with Crippen LogP contribution in [0.2, 0.25) is 0 Å². The van der Waals surface area contributed by atoms with Crippen molar-refractivity contribution < 1.29 is 4.79 Å². The molecule has 2 aromatic rings. The van der Waals surface area contributed by atoms with Gasteiger partial charge in [-0.3, -0.25) is 4.79 Å². The molecule has 0 radical (unpaired) electrons. The lowest BCUT2D eigenvalue weighted by atomic mass is 10.1. The summed E-state index contributed by atoms with van der Waals surface area (Å²) in [7, 11) is 2.08. The Morgan fingerprint density at radius 1 is 1.27 bits per heavy atom. The number of anilines is 1. The zero-order valence-corrected chi connectivity index (χ0v) is 13.5. The lowest BCUT2D eigenvalue weighted by Gasteiger charge is -2.20. The fourth-order valence-electron chi connectivity index (χ4n) is 2.93. The molecule has 1 saturated carbocycles. The van der Waals surface area contributed by atoms with Gasteiger partial charge in [-0.1, -0.05) is 18.2 Å². The van der Waals surface area contributed by atoms with E-state index in [9.17, 15) is 4.79 Å². The number of hydrogen-bond donors (Lipinski definition) is 0. The van der Waals surface area contributed by atoms with Crippen LogP contribution in [0.1, 0.15) is 39.8 Å². The molecule has 22 heavy (non-hydrogen) atoms. The summed E-state index contributed by atoms with van der Waals surface area (Å²) in [6.45, 7) is 2.25. The zero-order valence-electron chi connectivity index (χ0n) is 12.7. The molecule has 1 aromatic heterocycles. The number of fused-ring (bicyclic) bond motifs is 1. The number of benzene rings is 1. The first kappa shape index (κ1) is 13.8. The molecular weight excluding hydrogens is 294 g/mol. The van der Waals surface area contributed by atoms with Crippen molar-refractivity contribution in [1.29, 1.82) is 0 Å². The van der Waals surface area contributed by atoms with Gasteiger partial charge < -0.3 is 9.80 Å². The second kappa shape index (κ2) is 5.39. The fourth-order valence-corrected chi connectivity index (χ4v) is 3.90. The Bertz CT molecular complexity index is 707. The first-order valence-corrected chi connectivity index (χ1v) is 8.64. The van der Waals surface area contributed by atoms with Crippen LogP contribution in [0.5, 0.6) is 0 Å². The minimum Gasteiger partial charge on any atom is -0.373 e. The van der Waals surface area contributed by atoms with E-state index in [0.29, 0.717) is 18.2 Å². The summed E-state index contributed by atoms with van der Waals surface area (Å²) < 4.78 is 0. The van der Waals surface area contributed by atoms with Crippen LogP contribution in [0.3, 0.4) is 0 Å². The molecule has 0 bridgehead atoms. The largest absolute Gasteiger partial charge is 0.373 e. The van der Waals surface area contributed by atoms with E-state index in [4.69, 9.17) is 0 Å². The number of hydrogen-bond acceptors (Lipinski definition) is 4. The van der Waals surface area contributed by atoms with E-state index in [0.717, 1.165) is 18.1 Å². The van der Waals surface area contributed by atoms with Crippen molar-refractivity contribution in [3.8, 4) is 0 Å². The minimum absolute atomic E-state index is 0.0632. The maximum Gasteiger partial charge on any atom is 0.273 e. The molecule has 1 fully saturated rings. The number of aromatic nitrogens is 1. The number of thiazole rings is 1. The molecule has 4 nitrogen and oxygen atoms in total. The molecule has 4 rings (SSSR count). The van der Waals surface area contributed by atoms with Crippen molar-refractivity contribution >= 4 is 22.9 Å². The number of rotatable bonds is 2. The molecule has 114 valence electrons. The normalized spacial score (nSPS) is 18.0. The van der Waals surface area contributed by atoms with Crippen molar-refractivity contribution in [3.63, 3.8) is 0 Å². The van der Waals surface area contributed by atoms with E-state index in [1.54, 1.807) is 11.3 Å². The number of para-hydroxylation sites is 1. The number of carbonyl (C=O) groups excluding carboxylic acids is 1. The molecule has 2 heterocycles. The molecule has 2 aliphatic rings. The number of amides is 1. The summed E-state index contributed by atoms with van der Waals surface area (Å²) >= 11 is 1.63. The molecular formula is C17H19N3OS. The molecule has 0 unspecified atom stereocenters. The summed E-state index contributed by atoms with van der Waals surface area (Å²) in [5, 5.41) is 3.06. The minimum atomic E-state index is 0.0632. The second-order valence-corrected chi connectivity index (χ2v) is 7.01. The lowest BCUT2D eigenvalue weighted by molar-refractivity contribution is 0.0746. The standard InChI is InChI=1S/C17H19N3OS/c1-19-8-9-20(10-13-4-2-3-5-15(13)19)17(21)14-11-22-16(18-14)12-6-7-12/h2-5,11-12H,6-10H2,1H3. The Balaban J connectivity index is 1.58. The molecule has 1 amide bonds. The summed E-state index contributed by atoms with van der Waals surface area (Å²) in [6.07, 6.45) is 2.45. The molecule has 1 aliphatic carbocycles. The van der Waals surface area contributed by atoms with Crippen LogP contribution in [0.25, 0.3) is 0 Å². The van der Waals surface area contributed by atoms with Crippen LogP contribution >= 0.6 is 11.3 Å². The summed E-state index contributed by atoms with van der Waals surface area (Å²) in [5.41, 5.74) is 3.04. The summed E-state index contributed by atoms with van der Waals surface area (Å²) in [5.74, 6) is 0.677. The van der Waals surface area contributed by atoms with Gasteiger partial charge in [-0.15, -0.1) is 11.3 Å². The van der Waals surface area contributed by atoms with Gasteiger partial charge in [-0.25, -0.2) is 4.98 Å². The Morgan fingerprint density at radius 3 is 2.91 bits per heavy atom. The maximum absolute atomic E-state index is 12.8. The molecule has 5 heteroatoms. The first-order chi connectivity index (χ1) is 10.7. The summed E-state index contributed by atoms with van der Waals surface area (Å²) in [6, 6.07) is 8.31. The average Bonchev–Trinajstić information content (AvgIpc) is 3.30. The Hall–Kier alpha value is -1.88. The van der Waals surface area contributed by atoms with Crippen LogP contribution in [0.15, 0.2) is 29.6 Å². The monoisotopic (exact) mass is 313 g/mol. The topological polar surface area (TPSA) is 36.4 Å². The van der Waals surface area contributed by atoms with Gasteiger partial charge in [-0.2, -0.15) is 0 Å². The van der Waals surface area contributed by atoms with Crippen LogP contribution < -0.4 is 4.90 Å². The smallest absolute Gasteiger partial charge is 0.273 e. The van der Waals surface area contributed by atoms with Crippen molar-refractivity contribution in [2.24, 2.45) is 0 Å². The quantitative estimate of drug-likeness (QED) is 0.855. The number of nitrogens with zero attached hydrogens (tertiary/aromatic N) is 3.